The molecule has 0 aromatic heterocycles. The molecule has 154 valence electrons. The summed E-state index contributed by atoms with van der Waals surface area (Å²) < 4.78 is 6.35. The van der Waals surface area contributed by atoms with E-state index < -0.39 is 11.8 Å². The third-order valence-electron chi connectivity index (χ3n) is 3.84. The summed E-state index contributed by atoms with van der Waals surface area (Å²) in [6.45, 7) is 5.61. The monoisotopic (exact) mass is 461 g/mol. The van der Waals surface area contributed by atoms with Gasteiger partial charge in [-0.3, -0.25) is 25.2 Å². The minimum absolute atomic E-state index is 0.0783. The van der Waals surface area contributed by atoms with Gasteiger partial charge in [0.1, 0.15) is 5.75 Å². The maximum atomic E-state index is 12.1. The summed E-state index contributed by atoms with van der Waals surface area (Å²) in [6.07, 6.45) is 0.427. The summed E-state index contributed by atoms with van der Waals surface area (Å²) in [5.74, 6) is -0.220. The van der Waals surface area contributed by atoms with Crippen molar-refractivity contribution in [3.8, 4) is 5.75 Å². The van der Waals surface area contributed by atoms with Crippen molar-refractivity contribution in [2.45, 2.75) is 27.2 Å². The van der Waals surface area contributed by atoms with Crippen LogP contribution in [0.2, 0.25) is 0 Å². The summed E-state index contributed by atoms with van der Waals surface area (Å²) in [7, 11) is 0. The Bertz CT molecular complexity index is 882. The molecule has 0 radical (unpaired) electrons. The predicted octanol–water partition coefficient (Wildman–Crippen LogP) is 3.58. The molecule has 7 nitrogen and oxygen atoms in total. The van der Waals surface area contributed by atoms with E-state index in [4.69, 9.17) is 4.74 Å². The number of hydrogen-bond acceptors (Lipinski definition) is 4. The van der Waals surface area contributed by atoms with Crippen LogP contribution in [0.1, 0.15) is 36.2 Å². The zero-order chi connectivity index (χ0) is 21.4. The topological polar surface area (TPSA) is 96.5 Å². The second-order valence-electron chi connectivity index (χ2n) is 6.93. The number of benzene rings is 2. The SMILES string of the molecule is Cc1cc(OCC(=O)NNC(=O)c2ccc(NC(=O)CC(C)C)cc2)ccc1Br. The van der Waals surface area contributed by atoms with Gasteiger partial charge in [0.2, 0.25) is 5.91 Å². The Kier molecular flexibility index (Phi) is 8.21. The van der Waals surface area contributed by atoms with Gasteiger partial charge in [-0.25, -0.2) is 0 Å². The van der Waals surface area contributed by atoms with Gasteiger partial charge in [-0.2, -0.15) is 0 Å². The summed E-state index contributed by atoms with van der Waals surface area (Å²) in [5.41, 5.74) is 6.57. The molecule has 0 fully saturated rings. The number of halogens is 1. The van der Waals surface area contributed by atoms with Crippen LogP contribution < -0.4 is 20.9 Å². The van der Waals surface area contributed by atoms with E-state index in [1.54, 1.807) is 36.4 Å². The fourth-order valence-electron chi connectivity index (χ4n) is 2.38. The molecule has 0 aliphatic heterocycles. The molecule has 0 atom stereocenters. The first-order valence-electron chi connectivity index (χ1n) is 9.12. The Morgan fingerprint density at radius 2 is 1.69 bits per heavy atom. The molecule has 0 aliphatic rings. The number of anilines is 1. The Morgan fingerprint density at radius 1 is 1.00 bits per heavy atom. The lowest BCUT2D eigenvalue weighted by molar-refractivity contribution is -0.123. The van der Waals surface area contributed by atoms with Crippen LogP contribution in [-0.2, 0) is 9.59 Å². The van der Waals surface area contributed by atoms with Gasteiger partial charge >= 0.3 is 0 Å². The molecule has 8 heteroatoms. The van der Waals surface area contributed by atoms with Crippen LogP contribution >= 0.6 is 15.9 Å². The Morgan fingerprint density at radius 3 is 2.31 bits per heavy atom. The maximum Gasteiger partial charge on any atom is 0.276 e. The fraction of sp³-hybridized carbons (Fsp3) is 0.286. The van der Waals surface area contributed by atoms with E-state index in [-0.39, 0.29) is 18.4 Å². The quantitative estimate of drug-likeness (QED) is 0.548. The normalized spacial score (nSPS) is 10.4. The van der Waals surface area contributed by atoms with E-state index in [1.165, 1.54) is 0 Å². The van der Waals surface area contributed by atoms with Gasteiger partial charge in [0.15, 0.2) is 6.61 Å². The number of carbonyl (C=O) groups excluding carboxylic acids is 3. The standard InChI is InChI=1S/C21H24BrN3O4/c1-13(2)10-19(26)23-16-6-4-15(5-7-16)21(28)25-24-20(27)12-29-17-8-9-18(22)14(3)11-17/h4-9,11,13H,10,12H2,1-3H3,(H,23,26)(H,24,27)(H,25,28). The van der Waals surface area contributed by atoms with Crippen LogP contribution in [-0.4, -0.2) is 24.3 Å². The molecule has 3 amide bonds. The molecular weight excluding hydrogens is 438 g/mol. The first kappa shape index (κ1) is 22.4. The summed E-state index contributed by atoms with van der Waals surface area (Å²) in [6, 6.07) is 11.8. The average Bonchev–Trinajstić information content (AvgIpc) is 2.67. The highest BCUT2D eigenvalue weighted by Gasteiger charge is 2.10. The molecule has 0 aliphatic carbocycles. The van der Waals surface area contributed by atoms with Crippen molar-refractivity contribution in [3.05, 3.63) is 58.1 Å². The van der Waals surface area contributed by atoms with Crippen LogP contribution in [0.5, 0.6) is 5.75 Å². The number of aryl methyl sites for hydroxylation is 1. The number of carbonyl (C=O) groups is 3. The number of nitrogens with one attached hydrogen (secondary N) is 3. The van der Waals surface area contributed by atoms with E-state index in [0.29, 0.717) is 23.4 Å². The zero-order valence-corrected chi connectivity index (χ0v) is 18.1. The summed E-state index contributed by atoms with van der Waals surface area (Å²) >= 11 is 3.39. The van der Waals surface area contributed by atoms with Crippen molar-refractivity contribution in [2.75, 3.05) is 11.9 Å². The Labute approximate surface area is 178 Å². The molecule has 2 aromatic carbocycles. The fourth-order valence-corrected chi connectivity index (χ4v) is 2.62. The van der Waals surface area contributed by atoms with Crippen molar-refractivity contribution in [1.82, 2.24) is 10.9 Å². The molecule has 2 rings (SSSR count). The molecule has 0 saturated carbocycles. The van der Waals surface area contributed by atoms with Crippen LogP contribution in [0.4, 0.5) is 5.69 Å². The van der Waals surface area contributed by atoms with Gasteiger partial charge in [0.25, 0.3) is 11.8 Å². The Balaban J connectivity index is 1.78. The minimum atomic E-state index is -0.489. The van der Waals surface area contributed by atoms with Gasteiger partial charge < -0.3 is 10.1 Å². The first-order valence-corrected chi connectivity index (χ1v) is 9.92. The largest absolute Gasteiger partial charge is 0.484 e. The second kappa shape index (κ2) is 10.6. The van der Waals surface area contributed by atoms with E-state index >= 15 is 0 Å². The van der Waals surface area contributed by atoms with Crippen molar-refractivity contribution >= 4 is 39.3 Å². The number of hydrazine groups is 1. The van der Waals surface area contributed by atoms with Crippen LogP contribution in [0.15, 0.2) is 46.9 Å². The van der Waals surface area contributed by atoms with Crippen molar-refractivity contribution < 1.29 is 19.1 Å². The van der Waals surface area contributed by atoms with E-state index in [0.717, 1.165) is 10.0 Å². The van der Waals surface area contributed by atoms with Crippen LogP contribution in [0.25, 0.3) is 0 Å². The highest BCUT2D eigenvalue weighted by molar-refractivity contribution is 9.10. The molecule has 0 unspecified atom stereocenters. The Hall–Kier alpha value is -2.87. The van der Waals surface area contributed by atoms with E-state index in [9.17, 15) is 14.4 Å². The van der Waals surface area contributed by atoms with Gasteiger partial charge in [-0.05, 0) is 60.9 Å². The lowest BCUT2D eigenvalue weighted by Gasteiger charge is -2.10. The molecule has 0 bridgehead atoms. The van der Waals surface area contributed by atoms with E-state index in [2.05, 4.69) is 32.1 Å². The first-order chi connectivity index (χ1) is 13.7. The highest BCUT2D eigenvalue weighted by Crippen LogP contribution is 2.21. The van der Waals surface area contributed by atoms with Crippen molar-refractivity contribution in [1.29, 1.82) is 0 Å². The molecule has 0 spiro atoms. The maximum absolute atomic E-state index is 12.1. The zero-order valence-electron chi connectivity index (χ0n) is 16.5. The van der Waals surface area contributed by atoms with Gasteiger partial charge in [0, 0.05) is 22.1 Å². The van der Waals surface area contributed by atoms with Crippen molar-refractivity contribution in [2.24, 2.45) is 5.92 Å². The lowest BCUT2D eigenvalue weighted by Crippen LogP contribution is -2.43. The molecule has 2 aromatic rings. The molecule has 3 N–H and O–H groups in total. The lowest BCUT2D eigenvalue weighted by atomic mass is 10.1. The number of amides is 3. The number of hydrogen-bond donors (Lipinski definition) is 3. The van der Waals surface area contributed by atoms with E-state index in [1.807, 2.05) is 26.8 Å². The van der Waals surface area contributed by atoms with Gasteiger partial charge in [-0.15, -0.1) is 0 Å². The average molecular weight is 462 g/mol. The van der Waals surface area contributed by atoms with Crippen LogP contribution in [0, 0.1) is 12.8 Å². The second-order valence-corrected chi connectivity index (χ2v) is 7.78. The molecular formula is C21H24BrN3O4. The highest BCUT2D eigenvalue weighted by atomic mass is 79.9. The smallest absolute Gasteiger partial charge is 0.276 e. The number of ether oxygens (including phenoxy) is 1. The molecule has 29 heavy (non-hydrogen) atoms. The molecule has 0 heterocycles. The van der Waals surface area contributed by atoms with Crippen LogP contribution in [0.3, 0.4) is 0 Å². The van der Waals surface area contributed by atoms with Crippen molar-refractivity contribution in [3.63, 3.8) is 0 Å². The predicted molar refractivity (Wildman–Crippen MR) is 115 cm³/mol. The summed E-state index contributed by atoms with van der Waals surface area (Å²) in [4.78, 5) is 35.8. The summed E-state index contributed by atoms with van der Waals surface area (Å²) in [5, 5.41) is 2.77. The van der Waals surface area contributed by atoms with Gasteiger partial charge in [-0.1, -0.05) is 29.8 Å². The number of rotatable bonds is 7. The minimum Gasteiger partial charge on any atom is -0.484 e. The molecule has 0 saturated heterocycles. The third kappa shape index (κ3) is 7.57. The third-order valence-corrected chi connectivity index (χ3v) is 4.73. The van der Waals surface area contributed by atoms with Gasteiger partial charge in [0.05, 0.1) is 0 Å².